The molecule has 0 unspecified atom stereocenters. The molecular weight excluding hydrogens is 310 g/mol. The summed E-state index contributed by atoms with van der Waals surface area (Å²) < 4.78 is 33.9. The molecule has 0 N–H and O–H groups in total. The van der Waals surface area contributed by atoms with Gasteiger partial charge in [-0.25, -0.2) is 8.78 Å². The molecular formula is C15H8F2N2O2S. The first-order valence-corrected chi connectivity index (χ1v) is 6.96. The molecule has 3 rings (SSSR count). The second-order valence-corrected chi connectivity index (χ2v) is 5.31. The van der Waals surface area contributed by atoms with Gasteiger partial charge in [0.05, 0.1) is 23.0 Å². The number of carbonyl (C=O) groups excluding carboxylic acids is 1. The van der Waals surface area contributed by atoms with Gasteiger partial charge in [0.1, 0.15) is 5.82 Å². The van der Waals surface area contributed by atoms with E-state index in [0.717, 1.165) is 17.4 Å². The summed E-state index contributed by atoms with van der Waals surface area (Å²) in [7, 11) is 0. The Morgan fingerprint density at radius 2 is 2.27 bits per heavy atom. The molecule has 110 valence electrons. The standard InChI is InChI=1S/C15H8F2N2O2S/c1-2-5-19-13-10(17)7-9(16)8-12(13)22-15(19)18-14(20)11-4-3-6-21-11/h1,3-4,6-8H,5H2. The SMILES string of the molecule is C#CCn1c(=NC(=O)c2ccco2)sc2cc(F)cc(F)c21. The van der Waals surface area contributed by atoms with Crippen molar-refractivity contribution in [3.05, 3.63) is 52.7 Å². The summed E-state index contributed by atoms with van der Waals surface area (Å²) in [5, 5.41) is 0. The summed E-state index contributed by atoms with van der Waals surface area (Å²) in [5.41, 5.74) is 0.121. The minimum atomic E-state index is -0.756. The van der Waals surface area contributed by atoms with Crippen LogP contribution in [0, 0.1) is 24.0 Å². The first kappa shape index (κ1) is 14.2. The van der Waals surface area contributed by atoms with Crippen molar-refractivity contribution < 1.29 is 18.0 Å². The first-order valence-electron chi connectivity index (χ1n) is 6.14. The fourth-order valence-corrected chi connectivity index (χ4v) is 3.06. The van der Waals surface area contributed by atoms with Gasteiger partial charge >= 0.3 is 5.91 Å². The van der Waals surface area contributed by atoms with E-state index >= 15 is 0 Å². The molecule has 2 aromatic heterocycles. The van der Waals surface area contributed by atoms with E-state index in [1.54, 1.807) is 6.07 Å². The number of carbonyl (C=O) groups is 1. The number of amides is 1. The number of furan rings is 1. The van der Waals surface area contributed by atoms with Gasteiger partial charge < -0.3 is 8.98 Å². The molecule has 0 spiro atoms. The molecule has 0 aliphatic carbocycles. The van der Waals surface area contributed by atoms with Gasteiger partial charge in [0.15, 0.2) is 16.4 Å². The predicted octanol–water partition coefficient (Wildman–Crippen LogP) is 2.95. The van der Waals surface area contributed by atoms with Crippen molar-refractivity contribution in [2.75, 3.05) is 0 Å². The van der Waals surface area contributed by atoms with E-state index in [4.69, 9.17) is 10.8 Å². The summed E-state index contributed by atoms with van der Waals surface area (Å²) in [4.78, 5) is 16.0. The molecule has 7 heteroatoms. The van der Waals surface area contributed by atoms with E-state index < -0.39 is 17.5 Å². The highest BCUT2D eigenvalue weighted by Gasteiger charge is 2.14. The van der Waals surface area contributed by atoms with Gasteiger partial charge in [-0.15, -0.1) is 6.42 Å². The molecule has 0 aliphatic rings. The van der Waals surface area contributed by atoms with Crippen LogP contribution in [0.5, 0.6) is 0 Å². The van der Waals surface area contributed by atoms with Crippen LogP contribution in [-0.4, -0.2) is 10.5 Å². The minimum absolute atomic E-state index is 0.00677. The number of halogens is 2. The average molecular weight is 318 g/mol. The molecule has 1 aromatic carbocycles. The maximum absolute atomic E-state index is 14.0. The zero-order chi connectivity index (χ0) is 15.7. The quantitative estimate of drug-likeness (QED) is 0.682. The van der Waals surface area contributed by atoms with E-state index in [1.165, 1.54) is 23.0 Å². The molecule has 4 nitrogen and oxygen atoms in total. The molecule has 0 radical (unpaired) electrons. The van der Waals surface area contributed by atoms with Gasteiger partial charge in [0.2, 0.25) is 0 Å². The Kier molecular flexibility index (Phi) is 3.61. The second kappa shape index (κ2) is 5.58. The molecule has 1 amide bonds. The van der Waals surface area contributed by atoms with Gasteiger partial charge in [-0.2, -0.15) is 4.99 Å². The van der Waals surface area contributed by atoms with Gasteiger partial charge in [0, 0.05) is 6.07 Å². The number of benzene rings is 1. The van der Waals surface area contributed by atoms with Crippen LogP contribution in [0.4, 0.5) is 8.78 Å². The van der Waals surface area contributed by atoms with E-state index in [0.29, 0.717) is 4.70 Å². The molecule has 0 bridgehead atoms. The summed E-state index contributed by atoms with van der Waals surface area (Å²) >= 11 is 0.976. The summed E-state index contributed by atoms with van der Waals surface area (Å²) in [6.07, 6.45) is 6.62. The van der Waals surface area contributed by atoms with Crippen LogP contribution >= 0.6 is 11.3 Å². The van der Waals surface area contributed by atoms with Crippen LogP contribution in [0.2, 0.25) is 0 Å². The van der Waals surface area contributed by atoms with Crippen LogP contribution in [0.15, 0.2) is 39.9 Å². The van der Waals surface area contributed by atoms with Gasteiger partial charge in [-0.05, 0) is 18.2 Å². The van der Waals surface area contributed by atoms with E-state index in [2.05, 4.69) is 10.9 Å². The number of rotatable bonds is 2. The number of hydrogen-bond acceptors (Lipinski definition) is 3. The molecule has 2 heterocycles. The van der Waals surface area contributed by atoms with Crippen LogP contribution in [0.3, 0.4) is 0 Å². The smallest absolute Gasteiger partial charge is 0.315 e. The molecule has 0 saturated carbocycles. The Morgan fingerprint density at radius 1 is 1.45 bits per heavy atom. The Morgan fingerprint density at radius 3 is 2.95 bits per heavy atom. The Bertz CT molecular complexity index is 962. The van der Waals surface area contributed by atoms with Crippen molar-refractivity contribution in [2.24, 2.45) is 4.99 Å². The normalized spacial score (nSPS) is 11.8. The maximum Gasteiger partial charge on any atom is 0.315 e. The number of fused-ring (bicyclic) bond motifs is 1. The van der Waals surface area contributed by atoms with Crippen LogP contribution in [0.1, 0.15) is 10.6 Å². The predicted molar refractivity (Wildman–Crippen MR) is 77.2 cm³/mol. The summed E-state index contributed by atoms with van der Waals surface area (Å²) in [5.74, 6) is 0.335. The van der Waals surface area contributed by atoms with Crippen LogP contribution in [0.25, 0.3) is 10.2 Å². The Hall–Kier alpha value is -2.72. The number of nitrogens with zero attached hydrogens (tertiary/aromatic N) is 2. The second-order valence-electron chi connectivity index (χ2n) is 4.30. The Balaban J connectivity index is 2.25. The Labute approximate surface area is 127 Å². The average Bonchev–Trinajstić information content (AvgIpc) is 3.08. The van der Waals surface area contributed by atoms with Crippen molar-refractivity contribution in [3.8, 4) is 12.3 Å². The molecule has 0 atom stereocenters. The van der Waals surface area contributed by atoms with E-state index in [9.17, 15) is 13.6 Å². The van der Waals surface area contributed by atoms with Crippen LogP contribution < -0.4 is 4.80 Å². The lowest BCUT2D eigenvalue weighted by Crippen LogP contribution is -2.16. The summed E-state index contributed by atoms with van der Waals surface area (Å²) in [6, 6.07) is 4.95. The lowest BCUT2D eigenvalue weighted by atomic mass is 10.3. The zero-order valence-electron chi connectivity index (χ0n) is 11.0. The minimum Gasteiger partial charge on any atom is -0.459 e. The fourth-order valence-electron chi connectivity index (χ4n) is 1.99. The fraction of sp³-hybridized carbons (Fsp3) is 0.0667. The third kappa shape index (κ3) is 2.44. The van der Waals surface area contributed by atoms with E-state index in [-0.39, 0.29) is 22.6 Å². The van der Waals surface area contributed by atoms with Gasteiger partial charge in [0.25, 0.3) is 0 Å². The topological polar surface area (TPSA) is 47.5 Å². The van der Waals surface area contributed by atoms with Crippen molar-refractivity contribution in [1.29, 1.82) is 0 Å². The van der Waals surface area contributed by atoms with Gasteiger partial charge in [-0.1, -0.05) is 17.3 Å². The molecule has 0 fully saturated rings. The number of terminal acetylenes is 1. The molecule has 0 aliphatic heterocycles. The number of thiazole rings is 1. The monoisotopic (exact) mass is 318 g/mol. The third-order valence-electron chi connectivity index (χ3n) is 2.87. The van der Waals surface area contributed by atoms with Gasteiger partial charge in [-0.3, -0.25) is 4.79 Å². The molecule has 22 heavy (non-hydrogen) atoms. The number of hydrogen-bond donors (Lipinski definition) is 0. The maximum atomic E-state index is 14.0. The van der Waals surface area contributed by atoms with Crippen molar-refractivity contribution in [1.82, 2.24) is 4.57 Å². The highest BCUT2D eigenvalue weighted by Crippen LogP contribution is 2.22. The third-order valence-corrected chi connectivity index (χ3v) is 3.90. The molecule has 3 aromatic rings. The lowest BCUT2D eigenvalue weighted by molar-refractivity contribution is 0.0971. The largest absolute Gasteiger partial charge is 0.459 e. The highest BCUT2D eigenvalue weighted by molar-refractivity contribution is 7.16. The highest BCUT2D eigenvalue weighted by atomic mass is 32.1. The number of aromatic nitrogens is 1. The molecule has 0 saturated heterocycles. The van der Waals surface area contributed by atoms with Crippen molar-refractivity contribution >= 4 is 27.5 Å². The van der Waals surface area contributed by atoms with Crippen LogP contribution in [-0.2, 0) is 6.54 Å². The van der Waals surface area contributed by atoms with E-state index in [1.807, 2.05) is 0 Å². The lowest BCUT2D eigenvalue weighted by Gasteiger charge is -2.00. The van der Waals surface area contributed by atoms with Crippen molar-refractivity contribution in [2.45, 2.75) is 6.54 Å². The van der Waals surface area contributed by atoms with Crippen molar-refractivity contribution in [3.63, 3.8) is 0 Å². The zero-order valence-corrected chi connectivity index (χ0v) is 11.9. The summed E-state index contributed by atoms with van der Waals surface area (Å²) in [6.45, 7) is 0.00677. The first-order chi connectivity index (χ1) is 10.6.